The number of ether oxygens (including phenoxy) is 3. The second kappa shape index (κ2) is 10.6. The monoisotopic (exact) mass is 521 g/mol. The first-order chi connectivity index (χ1) is 15.3. The lowest BCUT2D eigenvalue weighted by atomic mass is 10.2. The van der Waals surface area contributed by atoms with Gasteiger partial charge < -0.3 is 19.3 Å². The van der Waals surface area contributed by atoms with E-state index >= 15 is 0 Å². The molecule has 1 aliphatic heterocycles. The quantitative estimate of drug-likeness (QED) is 0.486. The number of amides is 2. The highest BCUT2D eigenvalue weighted by Crippen LogP contribution is 2.38. The van der Waals surface area contributed by atoms with Gasteiger partial charge in [-0.25, -0.2) is 4.79 Å². The lowest BCUT2D eigenvalue weighted by Crippen LogP contribution is -2.32. The van der Waals surface area contributed by atoms with Gasteiger partial charge in [0, 0.05) is 4.47 Å². The molecule has 0 unspecified atom stereocenters. The van der Waals surface area contributed by atoms with Crippen molar-refractivity contribution in [3.63, 3.8) is 0 Å². The number of halogens is 1. The van der Waals surface area contributed by atoms with Crippen LogP contribution in [0.25, 0.3) is 6.08 Å². The first kappa shape index (κ1) is 23.7. The maximum Gasteiger partial charge on any atom is 0.341 e. The standard InChI is InChI=1S/C22H20BrNO7S/c1-13-3-5-15(6-4-13)30-8-7-24-21(27)19(32-22(24)28)10-14-9-17(29-2)18(11-16(14)23)31-12-20(25)26/h3-6,9-11H,7-8,12H2,1-2H3,(H,25,26)/b19-10-. The summed E-state index contributed by atoms with van der Waals surface area (Å²) in [6.07, 6.45) is 1.57. The Labute approximate surface area is 197 Å². The highest BCUT2D eigenvalue weighted by atomic mass is 79.9. The maximum atomic E-state index is 12.7. The number of aryl methyl sites for hydroxylation is 1. The number of thioether (sulfide) groups is 1. The molecule has 1 aliphatic rings. The van der Waals surface area contributed by atoms with Gasteiger partial charge in [0.15, 0.2) is 18.1 Å². The fourth-order valence-electron chi connectivity index (χ4n) is 2.80. The third-order valence-electron chi connectivity index (χ3n) is 4.40. The normalized spacial score (nSPS) is 14.7. The molecule has 2 aromatic rings. The molecule has 2 amide bonds. The molecule has 0 spiro atoms. The number of hydrogen-bond donors (Lipinski definition) is 1. The molecule has 0 bridgehead atoms. The van der Waals surface area contributed by atoms with Crippen LogP contribution >= 0.6 is 27.7 Å². The molecule has 1 fully saturated rings. The van der Waals surface area contributed by atoms with E-state index in [-0.39, 0.29) is 29.0 Å². The van der Waals surface area contributed by atoms with Gasteiger partial charge in [-0.2, -0.15) is 0 Å². The molecule has 0 atom stereocenters. The number of methoxy groups -OCH3 is 1. The first-order valence-corrected chi connectivity index (χ1v) is 11.1. The van der Waals surface area contributed by atoms with Gasteiger partial charge in [-0.15, -0.1) is 0 Å². The second-order valence-corrected chi connectivity index (χ2v) is 8.55. The van der Waals surface area contributed by atoms with Crippen LogP contribution in [0.1, 0.15) is 11.1 Å². The Hall–Kier alpha value is -2.98. The number of imide groups is 1. The Morgan fingerprint density at radius 2 is 1.88 bits per heavy atom. The number of carboxylic acid groups (broad SMARTS) is 1. The Morgan fingerprint density at radius 1 is 1.16 bits per heavy atom. The van der Waals surface area contributed by atoms with E-state index in [2.05, 4.69) is 15.9 Å². The molecule has 0 aliphatic carbocycles. The van der Waals surface area contributed by atoms with Crippen molar-refractivity contribution in [3.8, 4) is 17.2 Å². The summed E-state index contributed by atoms with van der Waals surface area (Å²) < 4.78 is 16.6. The van der Waals surface area contributed by atoms with Crippen LogP contribution < -0.4 is 14.2 Å². The smallest absolute Gasteiger partial charge is 0.341 e. The van der Waals surface area contributed by atoms with Crippen LogP contribution in [0.15, 0.2) is 45.8 Å². The number of nitrogens with zero attached hydrogens (tertiary/aromatic N) is 1. The summed E-state index contributed by atoms with van der Waals surface area (Å²) in [5, 5.41) is 8.42. The zero-order valence-electron chi connectivity index (χ0n) is 17.3. The van der Waals surface area contributed by atoms with Crippen molar-refractivity contribution in [2.45, 2.75) is 6.92 Å². The van der Waals surface area contributed by atoms with Gasteiger partial charge in [0.05, 0.1) is 18.6 Å². The SMILES string of the molecule is COc1cc(/C=C2\SC(=O)N(CCOc3ccc(C)cc3)C2=O)c(Br)cc1OCC(=O)O. The van der Waals surface area contributed by atoms with Crippen LogP contribution in [0.2, 0.25) is 0 Å². The summed E-state index contributed by atoms with van der Waals surface area (Å²) in [7, 11) is 1.42. The van der Waals surface area contributed by atoms with Gasteiger partial charge in [-0.3, -0.25) is 14.5 Å². The van der Waals surface area contributed by atoms with E-state index in [4.69, 9.17) is 19.3 Å². The van der Waals surface area contributed by atoms with Crippen molar-refractivity contribution in [1.82, 2.24) is 4.90 Å². The Morgan fingerprint density at radius 3 is 2.53 bits per heavy atom. The van der Waals surface area contributed by atoms with Crippen molar-refractivity contribution >= 4 is 50.9 Å². The summed E-state index contributed by atoms with van der Waals surface area (Å²) in [4.78, 5) is 37.2. The van der Waals surface area contributed by atoms with Gasteiger partial charge in [-0.05, 0) is 54.6 Å². The fraction of sp³-hybridized carbons (Fsp3) is 0.227. The molecular weight excluding hydrogens is 502 g/mol. The minimum atomic E-state index is -1.12. The molecule has 1 saturated heterocycles. The van der Waals surface area contributed by atoms with Crippen LogP contribution in [0, 0.1) is 6.92 Å². The van der Waals surface area contributed by atoms with E-state index in [0.717, 1.165) is 22.2 Å². The number of carbonyl (C=O) groups is 3. The second-order valence-electron chi connectivity index (χ2n) is 6.70. The number of carboxylic acids is 1. The van der Waals surface area contributed by atoms with Crippen LogP contribution in [-0.4, -0.2) is 54.0 Å². The summed E-state index contributed by atoms with van der Waals surface area (Å²) in [5.74, 6) is -0.331. The first-order valence-electron chi connectivity index (χ1n) is 9.45. The molecule has 0 saturated carbocycles. The van der Waals surface area contributed by atoms with E-state index in [0.29, 0.717) is 21.5 Å². The predicted octanol–water partition coefficient (Wildman–Crippen LogP) is 4.34. The van der Waals surface area contributed by atoms with E-state index < -0.39 is 18.5 Å². The van der Waals surface area contributed by atoms with Crippen molar-refractivity contribution < 1.29 is 33.7 Å². The van der Waals surface area contributed by atoms with E-state index in [9.17, 15) is 14.4 Å². The van der Waals surface area contributed by atoms with Crippen molar-refractivity contribution in [3.05, 3.63) is 56.9 Å². The van der Waals surface area contributed by atoms with Crippen molar-refractivity contribution in [2.75, 3.05) is 26.9 Å². The number of benzene rings is 2. The molecule has 0 aromatic heterocycles. The number of hydrogen-bond acceptors (Lipinski definition) is 7. The molecule has 168 valence electrons. The van der Waals surface area contributed by atoms with E-state index in [1.54, 1.807) is 18.2 Å². The molecule has 3 rings (SSSR count). The molecule has 32 heavy (non-hydrogen) atoms. The van der Waals surface area contributed by atoms with E-state index in [1.807, 2.05) is 31.2 Å². The Bertz CT molecular complexity index is 1070. The highest BCUT2D eigenvalue weighted by Gasteiger charge is 2.35. The topological polar surface area (TPSA) is 102 Å². The fourth-order valence-corrected chi connectivity index (χ4v) is 4.09. The summed E-state index contributed by atoms with van der Waals surface area (Å²) in [5.41, 5.74) is 1.68. The van der Waals surface area contributed by atoms with Gasteiger partial charge in [0.2, 0.25) is 0 Å². The number of aliphatic carboxylic acids is 1. The van der Waals surface area contributed by atoms with Gasteiger partial charge in [0.1, 0.15) is 12.4 Å². The average Bonchev–Trinajstić information content (AvgIpc) is 3.02. The molecule has 10 heteroatoms. The minimum absolute atomic E-state index is 0.127. The largest absolute Gasteiger partial charge is 0.493 e. The molecular formula is C22H20BrNO7S. The van der Waals surface area contributed by atoms with Crippen LogP contribution in [0.5, 0.6) is 17.2 Å². The lowest BCUT2D eigenvalue weighted by Gasteiger charge is -2.13. The number of carbonyl (C=O) groups excluding carboxylic acids is 2. The van der Waals surface area contributed by atoms with Crippen LogP contribution in [-0.2, 0) is 9.59 Å². The average molecular weight is 522 g/mol. The zero-order chi connectivity index (χ0) is 23.3. The Kier molecular flexibility index (Phi) is 7.81. The molecule has 1 heterocycles. The lowest BCUT2D eigenvalue weighted by molar-refractivity contribution is -0.139. The van der Waals surface area contributed by atoms with Crippen LogP contribution in [0.4, 0.5) is 4.79 Å². The molecule has 0 radical (unpaired) electrons. The van der Waals surface area contributed by atoms with Crippen molar-refractivity contribution in [2.24, 2.45) is 0 Å². The molecule has 2 aromatic carbocycles. The predicted molar refractivity (Wildman–Crippen MR) is 123 cm³/mol. The number of rotatable bonds is 9. The Balaban J connectivity index is 1.70. The van der Waals surface area contributed by atoms with E-state index in [1.165, 1.54) is 7.11 Å². The molecule has 1 N–H and O–H groups in total. The summed E-state index contributed by atoms with van der Waals surface area (Å²) in [6, 6.07) is 10.6. The summed E-state index contributed by atoms with van der Waals surface area (Å²) in [6.45, 7) is 1.76. The van der Waals surface area contributed by atoms with Gasteiger partial charge >= 0.3 is 5.97 Å². The molecule has 8 nitrogen and oxygen atoms in total. The van der Waals surface area contributed by atoms with Crippen molar-refractivity contribution in [1.29, 1.82) is 0 Å². The minimum Gasteiger partial charge on any atom is -0.493 e. The maximum absolute atomic E-state index is 12.7. The summed E-state index contributed by atoms with van der Waals surface area (Å²) >= 11 is 4.22. The van der Waals surface area contributed by atoms with Crippen LogP contribution in [0.3, 0.4) is 0 Å². The zero-order valence-corrected chi connectivity index (χ0v) is 19.7. The third-order valence-corrected chi connectivity index (χ3v) is 5.99. The van der Waals surface area contributed by atoms with Gasteiger partial charge in [-0.1, -0.05) is 33.6 Å². The van der Waals surface area contributed by atoms with Gasteiger partial charge in [0.25, 0.3) is 11.1 Å². The third kappa shape index (κ3) is 5.83. The highest BCUT2D eigenvalue weighted by molar-refractivity contribution is 9.10.